The maximum absolute atomic E-state index is 13.6. The van der Waals surface area contributed by atoms with Crippen molar-refractivity contribution in [1.82, 2.24) is 15.1 Å². The Morgan fingerprint density at radius 2 is 1.87 bits per heavy atom. The van der Waals surface area contributed by atoms with Crippen LogP contribution < -0.4 is 0 Å². The van der Waals surface area contributed by atoms with Crippen LogP contribution in [0.25, 0.3) is 22.2 Å². The number of aromatic amines is 1. The van der Waals surface area contributed by atoms with Gasteiger partial charge in [0.2, 0.25) is 0 Å². The lowest BCUT2D eigenvalue weighted by atomic mass is 9.81. The topological polar surface area (TPSA) is 41.1 Å². The lowest BCUT2D eigenvalue weighted by molar-refractivity contribution is -0.0140. The van der Waals surface area contributed by atoms with Gasteiger partial charge in [-0.15, -0.1) is 0 Å². The van der Waals surface area contributed by atoms with Crippen molar-refractivity contribution in [3.05, 3.63) is 89.2 Å². The molecule has 0 bridgehead atoms. The first-order valence-electron chi connectivity index (χ1n) is 10.7. The van der Waals surface area contributed by atoms with E-state index in [0.717, 1.165) is 47.1 Å². The molecule has 4 nitrogen and oxygen atoms in total. The van der Waals surface area contributed by atoms with E-state index >= 15 is 0 Å². The van der Waals surface area contributed by atoms with Gasteiger partial charge in [-0.25, -0.2) is 4.39 Å². The van der Waals surface area contributed by atoms with E-state index in [1.54, 1.807) is 0 Å². The molecule has 1 atom stereocenters. The predicted molar refractivity (Wildman–Crippen MR) is 121 cm³/mol. The van der Waals surface area contributed by atoms with Gasteiger partial charge in [-0.2, -0.15) is 5.10 Å². The monoisotopic (exact) mass is 415 g/mol. The van der Waals surface area contributed by atoms with E-state index in [2.05, 4.69) is 53.5 Å². The van der Waals surface area contributed by atoms with Crippen molar-refractivity contribution >= 4 is 10.9 Å². The highest BCUT2D eigenvalue weighted by atomic mass is 19.1. The Kier molecular flexibility index (Phi) is 5.08. The lowest BCUT2D eigenvalue weighted by Gasteiger charge is -2.31. The maximum atomic E-state index is 13.6. The van der Waals surface area contributed by atoms with Gasteiger partial charge in [-0.05, 0) is 74.4 Å². The number of hydrogen-bond donors (Lipinski definition) is 1. The Balaban J connectivity index is 1.56. The van der Waals surface area contributed by atoms with E-state index in [1.807, 2.05) is 30.3 Å². The summed E-state index contributed by atoms with van der Waals surface area (Å²) in [7, 11) is 4.16. The second kappa shape index (κ2) is 7.91. The zero-order valence-corrected chi connectivity index (χ0v) is 17.9. The highest BCUT2D eigenvalue weighted by molar-refractivity contribution is 5.92. The van der Waals surface area contributed by atoms with Crippen molar-refractivity contribution < 1.29 is 9.13 Å². The van der Waals surface area contributed by atoms with Gasteiger partial charge in [0.25, 0.3) is 0 Å². The lowest BCUT2D eigenvalue weighted by Crippen LogP contribution is -2.28. The Morgan fingerprint density at radius 1 is 1.06 bits per heavy atom. The molecule has 1 aromatic heterocycles. The van der Waals surface area contributed by atoms with E-state index in [-0.39, 0.29) is 5.82 Å². The SMILES string of the molecule is CN(C)CCCC1(c2ccc(F)cc2)OCc2cc(-c3n[nH]c4ccccc34)ccc21. The molecule has 0 amide bonds. The van der Waals surface area contributed by atoms with Crippen LogP contribution in [0.1, 0.15) is 29.5 Å². The van der Waals surface area contributed by atoms with E-state index in [4.69, 9.17) is 4.74 Å². The molecule has 2 heterocycles. The smallest absolute Gasteiger partial charge is 0.123 e. The standard InChI is InChI=1S/C26H26FN3O/c1-30(2)15-5-14-26(20-9-11-21(27)12-10-20)23-13-8-18(16-19(23)17-31-26)25-22-6-3-4-7-24(22)28-29-25/h3-4,6-13,16H,5,14-15,17H2,1-2H3,(H,28,29). The van der Waals surface area contributed by atoms with E-state index in [1.165, 1.54) is 23.3 Å². The highest BCUT2D eigenvalue weighted by Crippen LogP contribution is 2.46. The van der Waals surface area contributed by atoms with Gasteiger partial charge in [-0.3, -0.25) is 5.10 Å². The number of ether oxygens (including phenoxy) is 1. The third-order valence-electron chi connectivity index (χ3n) is 6.20. The van der Waals surface area contributed by atoms with Gasteiger partial charge >= 0.3 is 0 Å². The van der Waals surface area contributed by atoms with Crippen molar-refractivity contribution in [3.63, 3.8) is 0 Å². The van der Waals surface area contributed by atoms with Crippen molar-refractivity contribution in [2.75, 3.05) is 20.6 Å². The molecule has 1 N–H and O–H groups in total. The molecule has 1 aliphatic rings. The van der Waals surface area contributed by atoms with Gasteiger partial charge in [0, 0.05) is 10.9 Å². The molecule has 0 saturated heterocycles. The van der Waals surface area contributed by atoms with Crippen molar-refractivity contribution in [1.29, 1.82) is 0 Å². The third-order valence-corrected chi connectivity index (χ3v) is 6.20. The van der Waals surface area contributed by atoms with Gasteiger partial charge in [0.15, 0.2) is 0 Å². The molecule has 0 fully saturated rings. The minimum atomic E-state index is -0.550. The van der Waals surface area contributed by atoms with Gasteiger partial charge in [-0.1, -0.05) is 42.5 Å². The fourth-order valence-electron chi connectivity index (χ4n) is 4.67. The number of hydrogen-bond acceptors (Lipinski definition) is 3. The molecule has 3 aromatic carbocycles. The molecular formula is C26H26FN3O. The molecule has 4 aromatic rings. The third kappa shape index (κ3) is 3.54. The second-order valence-electron chi connectivity index (χ2n) is 8.52. The van der Waals surface area contributed by atoms with Gasteiger partial charge < -0.3 is 9.64 Å². The zero-order chi connectivity index (χ0) is 21.4. The van der Waals surface area contributed by atoms with Crippen LogP contribution in [0.5, 0.6) is 0 Å². The fourth-order valence-corrected chi connectivity index (χ4v) is 4.67. The van der Waals surface area contributed by atoms with Crippen molar-refractivity contribution in [3.8, 4) is 11.3 Å². The number of fused-ring (bicyclic) bond motifs is 2. The first kappa shape index (κ1) is 19.9. The summed E-state index contributed by atoms with van der Waals surface area (Å²) in [4.78, 5) is 2.18. The van der Waals surface area contributed by atoms with Gasteiger partial charge in [0.1, 0.15) is 11.4 Å². The van der Waals surface area contributed by atoms with Crippen LogP contribution in [-0.2, 0) is 16.9 Å². The first-order valence-corrected chi connectivity index (χ1v) is 10.7. The summed E-state index contributed by atoms with van der Waals surface area (Å²) >= 11 is 0. The summed E-state index contributed by atoms with van der Waals surface area (Å²) in [6.45, 7) is 1.50. The molecule has 0 aliphatic carbocycles. The predicted octanol–water partition coefficient (Wildman–Crippen LogP) is 5.48. The summed E-state index contributed by atoms with van der Waals surface area (Å²) < 4.78 is 20.1. The number of halogens is 1. The minimum absolute atomic E-state index is 0.230. The Bertz CT molecular complexity index is 1220. The van der Waals surface area contributed by atoms with Crippen LogP contribution in [0.15, 0.2) is 66.7 Å². The van der Waals surface area contributed by atoms with Crippen LogP contribution in [0.4, 0.5) is 4.39 Å². The number of para-hydroxylation sites is 1. The number of nitrogens with one attached hydrogen (secondary N) is 1. The number of nitrogens with zero attached hydrogens (tertiary/aromatic N) is 2. The van der Waals surface area contributed by atoms with Crippen molar-refractivity contribution in [2.45, 2.75) is 25.0 Å². The molecule has 5 heteroatoms. The molecule has 0 saturated carbocycles. The van der Waals surface area contributed by atoms with Crippen molar-refractivity contribution in [2.24, 2.45) is 0 Å². The van der Waals surface area contributed by atoms with Crippen LogP contribution in [0.3, 0.4) is 0 Å². The average molecular weight is 416 g/mol. The molecule has 31 heavy (non-hydrogen) atoms. The number of rotatable bonds is 6. The fraction of sp³-hybridized carbons (Fsp3) is 0.269. The molecule has 0 radical (unpaired) electrons. The maximum Gasteiger partial charge on any atom is 0.123 e. The zero-order valence-electron chi connectivity index (χ0n) is 17.9. The van der Waals surface area contributed by atoms with E-state index < -0.39 is 5.60 Å². The first-order chi connectivity index (χ1) is 15.1. The quantitative estimate of drug-likeness (QED) is 0.453. The normalized spacial score (nSPS) is 18.1. The van der Waals surface area contributed by atoms with Crippen LogP contribution in [0, 0.1) is 5.82 Å². The molecule has 5 rings (SSSR count). The number of aromatic nitrogens is 2. The summed E-state index contributed by atoms with van der Waals surface area (Å²) in [6, 6.07) is 21.4. The summed E-state index contributed by atoms with van der Waals surface area (Å²) in [6.07, 6.45) is 1.82. The van der Waals surface area contributed by atoms with Crippen LogP contribution in [-0.4, -0.2) is 35.7 Å². The molecule has 0 spiro atoms. The minimum Gasteiger partial charge on any atom is -0.361 e. The van der Waals surface area contributed by atoms with E-state index in [9.17, 15) is 4.39 Å². The number of H-pyrrole nitrogens is 1. The Labute approximate surface area is 181 Å². The molecule has 1 unspecified atom stereocenters. The van der Waals surface area contributed by atoms with Gasteiger partial charge in [0.05, 0.1) is 17.8 Å². The summed E-state index contributed by atoms with van der Waals surface area (Å²) in [5.41, 5.74) is 5.84. The molecule has 1 aliphatic heterocycles. The summed E-state index contributed by atoms with van der Waals surface area (Å²) in [5, 5.41) is 8.78. The Hall–Kier alpha value is -3.02. The highest BCUT2D eigenvalue weighted by Gasteiger charge is 2.41. The van der Waals surface area contributed by atoms with Crippen LogP contribution >= 0.6 is 0 Å². The largest absolute Gasteiger partial charge is 0.361 e. The molecular weight excluding hydrogens is 389 g/mol. The van der Waals surface area contributed by atoms with E-state index in [0.29, 0.717) is 6.61 Å². The molecule has 158 valence electrons. The average Bonchev–Trinajstić information content (AvgIpc) is 3.36. The number of benzene rings is 3. The van der Waals surface area contributed by atoms with Crippen LogP contribution in [0.2, 0.25) is 0 Å². The Morgan fingerprint density at radius 3 is 2.68 bits per heavy atom. The second-order valence-corrected chi connectivity index (χ2v) is 8.52. The summed E-state index contributed by atoms with van der Waals surface area (Å²) in [5.74, 6) is -0.230.